The molecule has 16 heavy (non-hydrogen) atoms. The van der Waals surface area contributed by atoms with Crippen LogP contribution >= 0.6 is 23.2 Å². The van der Waals surface area contributed by atoms with Gasteiger partial charge in [-0.1, -0.05) is 53.0 Å². The summed E-state index contributed by atoms with van der Waals surface area (Å²) < 4.78 is 0. The van der Waals surface area contributed by atoms with E-state index in [1.165, 1.54) is 5.56 Å². The van der Waals surface area contributed by atoms with Crippen LogP contribution in [-0.2, 0) is 0 Å². The minimum Gasteiger partial charge on any atom is -0.399 e. The van der Waals surface area contributed by atoms with Crippen LogP contribution in [0.25, 0.3) is 11.1 Å². The van der Waals surface area contributed by atoms with Crippen LogP contribution in [0.2, 0.25) is 10.0 Å². The maximum Gasteiger partial charge on any atom is 0.0672 e. The monoisotopic (exact) mass is 251 g/mol. The lowest BCUT2D eigenvalue weighted by atomic mass is 10.0. The van der Waals surface area contributed by atoms with Crippen molar-refractivity contribution in [1.82, 2.24) is 0 Å². The van der Waals surface area contributed by atoms with Crippen LogP contribution in [-0.4, -0.2) is 0 Å². The Morgan fingerprint density at radius 2 is 1.62 bits per heavy atom. The molecule has 0 aliphatic rings. The third kappa shape index (κ3) is 2.16. The molecule has 0 saturated carbocycles. The van der Waals surface area contributed by atoms with Crippen LogP contribution in [0.15, 0.2) is 36.4 Å². The van der Waals surface area contributed by atoms with E-state index in [-0.39, 0.29) is 0 Å². The highest BCUT2D eigenvalue weighted by Gasteiger charge is 2.08. The zero-order chi connectivity index (χ0) is 11.7. The fourth-order valence-electron chi connectivity index (χ4n) is 1.55. The summed E-state index contributed by atoms with van der Waals surface area (Å²) in [6, 6.07) is 11.6. The molecular weight excluding hydrogens is 241 g/mol. The first kappa shape index (κ1) is 11.3. The van der Waals surface area contributed by atoms with Crippen LogP contribution in [0.5, 0.6) is 0 Å². The Hall–Kier alpha value is -1.18. The van der Waals surface area contributed by atoms with Gasteiger partial charge in [0.25, 0.3) is 0 Å². The van der Waals surface area contributed by atoms with E-state index in [2.05, 4.69) is 0 Å². The van der Waals surface area contributed by atoms with Crippen LogP contribution in [0.1, 0.15) is 5.56 Å². The number of hydrogen-bond donors (Lipinski definition) is 1. The molecule has 2 N–H and O–H groups in total. The third-order valence-corrected chi connectivity index (χ3v) is 3.22. The SMILES string of the molecule is Cc1ccc(-c2cc(N)cc(Cl)c2Cl)cc1. The summed E-state index contributed by atoms with van der Waals surface area (Å²) in [6.07, 6.45) is 0. The largest absolute Gasteiger partial charge is 0.399 e. The van der Waals surface area contributed by atoms with E-state index in [9.17, 15) is 0 Å². The van der Waals surface area contributed by atoms with E-state index in [0.29, 0.717) is 15.7 Å². The lowest BCUT2D eigenvalue weighted by Gasteiger charge is -2.08. The summed E-state index contributed by atoms with van der Waals surface area (Å²) in [5.74, 6) is 0. The Labute approximate surface area is 105 Å². The molecule has 0 saturated heterocycles. The van der Waals surface area contributed by atoms with Gasteiger partial charge in [0.1, 0.15) is 0 Å². The lowest BCUT2D eigenvalue weighted by molar-refractivity contribution is 1.47. The molecule has 3 heteroatoms. The van der Waals surface area contributed by atoms with E-state index in [1.807, 2.05) is 37.3 Å². The topological polar surface area (TPSA) is 26.0 Å². The molecule has 2 rings (SSSR count). The molecule has 0 heterocycles. The minimum atomic E-state index is 0.484. The van der Waals surface area contributed by atoms with Gasteiger partial charge >= 0.3 is 0 Å². The fourth-order valence-corrected chi connectivity index (χ4v) is 2.00. The van der Waals surface area contributed by atoms with Crippen molar-refractivity contribution in [2.24, 2.45) is 0 Å². The molecule has 0 unspecified atom stereocenters. The number of aryl methyl sites for hydroxylation is 1. The van der Waals surface area contributed by atoms with Crippen molar-refractivity contribution < 1.29 is 0 Å². The smallest absolute Gasteiger partial charge is 0.0672 e. The Kier molecular flexibility index (Phi) is 3.08. The van der Waals surface area contributed by atoms with E-state index < -0.39 is 0 Å². The van der Waals surface area contributed by atoms with Crippen LogP contribution in [0, 0.1) is 6.92 Å². The van der Waals surface area contributed by atoms with E-state index in [0.717, 1.165) is 11.1 Å². The predicted molar refractivity (Wildman–Crippen MR) is 71.0 cm³/mol. The molecule has 0 aromatic heterocycles. The quantitative estimate of drug-likeness (QED) is 0.740. The van der Waals surface area contributed by atoms with Crippen LogP contribution < -0.4 is 5.73 Å². The van der Waals surface area contributed by atoms with E-state index in [4.69, 9.17) is 28.9 Å². The third-order valence-electron chi connectivity index (χ3n) is 2.41. The van der Waals surface area contributed by atoms with Crippen molar-refractivity contribution in [3.8, 4) is 11.1 Å². The van der Waals surface area contributed by atoms with Crippen molar-refractivity contribution in [2.75, 3.05) is 5.73 Å². The number of anilines is 1. The summed E-state index contributed by atoms with van der Waals surface area (Å²) in [6.45, 7) is 2.04. The normalized spacial score (nSPS) is 10.4. The van der Waals surface area contributed by atoms with Gasteiger partial charge in [0, 0.05) is 11.3 Å². The zero-order valence-corrected chi connectivity index (χ0v) is 10.3. The van der Waals surface area contributed by atoms with Gasteiger partial charge in [0.15, 0.2) is 0 Å². The van der Waals surface area contributed by atoms with Crippen LogP contribution in [0.3, 0.4) is 0 Å². The molecule has 1 nitrogen and oxygen atoms in total. The number of rotatable bonds is 1. The molecule has 0 atom stereocenters. The molecule has 0 aliphatic heterocycles. The minimum absolute atomic E-state index is 0.484. The van der Waals surface area contributed by atoms with Crippen molar-refractivity contribution in [1.29, 1.82) is 0 Å². The van der Waals surface area contributed by atoms with Gasteiger partial charge in [-0.15, -0.1) is 0 Å². The highest BCUT2D eigenvalue weighted by atomic mass is 35.5. The number of hydrogen-bond acceptors (Lipinski definition) is 1. The number of nitrogen functional groups attached to an aromatic ring is 1. The van der Waals surface area contributed by atoms with Crippen molar-refractivity contribution in [3.05, 3.63) is 52.0 Å². The zero-order valence-electron chi connectivity index (χ0n) is 8.80. The van der Waals surface area contributed by atoms with Gasteiger partial charge in [0.05, 0.1) is 10.0 Å². The van der Waals surface area contributed by atoms with Crippen molar-refractivity contribution in [3.63, 3.8) is 0 Å². The highest BCUT2D eigenvalue weighted by Crippen LogP contribution is 2.35. The molecule has 2 aromatic carbocycles. The number of nitrogens with two attached hydrogens (primary N) is 1. The average molecular weight is 252 g/mol. The van der Waals surface area contributed by atoms with Crippen molar-refractivity contribution in [2.45, 2.75) is 6.92 Å². The maximum atomic E-state index is 6.15. The van der Waals surface area contributed by atoms with Gasteiger partial charge < -0.3 is 5.73 Å². The van der Waals surface area contributed by atoms with Gasteiger partial charge in [-0.3, -0.25) is 0 Å². The second-order valence-corrected chi connectivity index (χ2v) is 4.52. The molecule has 0 amide bonds. The molecule has 0 bridgehead atoms. The number of benzene rings is 2. The second-order valence-electron chi connectivity index (χ2n) is 3.73. The summed E-state index contributed by atoms with van der Waals surface area (Å²) in [4.78, 5) is 0. The Bertz CT molecular complexity index is 518. The molecule has 0 aliphatic carbocycles. The molecule has 82 valence electrons. The standard InChI is InChI=1S/C13H11Cl2N/c1-8-2-4-9(5-3-8)11-6-10(16)7-12(14)13(11)15/h2-7H,16H2,1H3. The van der Waals surface area contributed by atoms with Gasteiger partial charge in [-0.25, -0.2) is 0 Å². The van der Waals surface area contributed by atoms with Gasteiger partial charge in [0.2, 0.25) is 0 Å². The Balaban J connectivity index is 2.59. The molecule has 2 aromatic rings. The Morgan fingerprint density at radius 1 is 1.00 bits per heavy atom. The first-order valence-electron chi connectivity index (χ1n) is 4.89. The second kappa shape index (κ2) is 4.36. The highest BCUT2D eigenvalue weighted by molar-refractivity contribution is 6.44. The maximum absolute atomic E-state index is 6.15. The summed E-state index contributed by atoms with van der Waals surface area (Å²) in [7, 11) is 0. The van der Waals surface area contributed by atoms with Gasteiger partial charge in [-0.05, 0) is 24.6 Å². The summed E-state index contributed by atoms with van der Waals surface area (Å²) in [5.41, 5.74) is 9.46. The lowest BCUT2D eigenvalue weighted by Crippen LogP contribution is -1.88. The van der Waals surface area contributed by atoms with Gasteiger partial charge in [-0.2, -0.15) is 0 Å². The average Bonchev–Trinajstić information content (AvgIpc) is 2.25. The van der Waals surface area contributed by atoms with E-state index in [1.54, 1.807) is 6.07 Å². The molecule has 0 radical (unpaired) electrons. The van der Waals surface area contributed by atoms with Crippen LogP contribution in [0.4, 0.5) is 5.69 Å². The predicted octanol–water partition coefficient (Wildman–Crippen LogP) is 4.55. The van der Waals surface area contributed by atoms with E-state index >= 15 is 0 Å². The summed E-state index contributed by atoms with van der Waals surface area (Å²) >= 11 is 12.1. The number of halogens is 2. The first-order valence-corrected chi connectivity index (χ1v) is 5.65. The summed E-state index contributed by atoms with van der Waals surface area (Å²) in [5, 5.41) is 1.02. The molecule has 0 fully saturated rings. The Morgan fingerprint density at radius 3 is 2.25 bits per heavy atom. The first-order chi connectivity index (χ1) is 7.58. The molecular formula is C13H11Cl2N. The fraction of sp³-hybridized carbons (Fsp3) is 0.0769. The molecule has 0 spiro atoms. The van der Waals surface area contributed by atoms with Crippen molar-refractivity contribution >= 4 is 28.9 Å².